The SMILES string of the molecule is O=C(N/N=C\c1ccccc1OCc1ccc(Br)cc1)C(=O)Nc1ccc(Br)cc1. The summed E-state index contributed by atoms with van der Waals surface area (Å²) in [7, 11) is 0. The lowest BCUT2D eigenvalue weighted by Gasteiger charge is -2.09. The van der Waals surface area contributed by atoms with Crippen molar-refractivity contribution >= 4 is 55.6 Å². The Balaban J connectivity index is 1.56. The zero-order valence-electron chi connectivity index (χ0n) is 15.6. The van der Waals surface area contributed by atoms with Crippen LogP contribution in [0.2, 0.25) is 0 Å². The fraction of sp³-hybridized carbons (Fsp3) is 0.0455. The molecular formula is C22H17Br2N3O3. The predicted octanol–water partition coefficient (Wildman–Crippen LogP) is 4.88. The highest BCUT2D eigenvalue weighted by Gasteiger charge is 2.12. The van der Waals surface area contributed by atoms with Crippen LogP contribution >= 0.6 is 31.9 Å². The molecule has 0 fully saturated rings. The van der Waals surface area contributed by atoms with E-state index in [4.69, 9.17) is 4.74 Å². The van der Waals surface area contributed by atoms with Gasteiger partial charge in [-0.05, 0) is 54.1 Å². The van der Waals surface area contributed by atoms with E-state index in [2.05, 4.69) is 47.7 Å². The van der Waals surface area contributed by atoms with Gasteiger partial charge in [-0.3, -0.25) is 9.59 Å². The van der Waals surface area contributed by atoms with Gasteiger partial charge in [-0.15, -0.1) is 0 Å². The van der Waals surface area contributed by atoms with Crippen LogP contribution in [0.5, 0.6) is 5.75 Å². The summed E-state index contributed by atoms with van der Waals surface area (Å²) in [5.74, 6) is -1.07. The molecule has 2 N–H and O–H groups in total. The molecule has 0 bridgehead atoms. The molecule has 3 aromatic rings. The fourth-order valence-electron chi connectivity index (χ4n) is 2.39. The normalized spacial score (nSPS) is 10.6. The summed E-state index contributed by atoms with van der Waals surface area (Å²) < 4.78 is 7.72. The zero-order chi connectivity index (χ0) is 21.3. The first kappa shape index (κ1) is 21.7. The lowest BCUT2D eigenvalue weighted by atomic mass is 10.2. The van der Waals surface area contributed by atoms with Crippen LogP contribution < -0.4 is 15.5 Å². The molecule has 3 rings (SSSR count). The van der Waals surface area contributed by atoms with Gasteiger partial charge in [-0.25, -0.2) is 5.43 Å². The zero-order valence-corrected chi connectivity index (χ0v) is 18.8. The van der Waals surface area contributed by atoms with Gasteiger partial charge in [-0.2, -0.15) is 5.10 Å². The maximum absolute atomic E-state index is 12.0. The van der Waals surface area contributed by atoms with E-state index in [-0.39, 0.29) is 0 Å². The van der Waals surface area contributed by atoms with Gasteiger partial charge in [0, 0.05) is 20.2 Å². The Morgan fingerprint density at radius 2 is 1.50 bits per heavy atom. The van der Waals surface area contributed by atoms with Gasteiger partial charge in [0.1, 0.15) is 12.4 Å². The van der Waals surface area contributed by atoms with Crippen LogP contribution in [0.25, 0.3) is 0 Å². The molecule has 0 saturated heterocycles. The Morgan fingerprint density at radius 1 is 0.867 bits per heavy atom. The lowest BCUT2D eigenvalue weighted by Crippen LogP contribution is -2.32. The molecule has 0 spiro atoms. The Kier molecular flexibility index (Phi) is 7.75. The molecule has 0 saturated carbocycles. The summed E-state index contributed by atoms with van der Waals surface area (Å²) in [6.07, 6.45) is 1.43. The Labute approximate surface area is 190 Å². The summed E-state index contributed by atoms with van der Waals surface area (Å²) in [5.41, 5.74) is 4.41. The van der Waals surface area contributed by atoms with Crippen molar-refractivity contribution in [3.8, 4) is 5.75 Å². The Morgan fingerprint density at radius 3 is 2.20 bits per heavy atom. The van der Waals surface area contributed by atoms with E-state index in [9.17, 15) is 9.59 Å². The summed E-state index contributed by atoms with van der Waals surface area (Å²) in [6.45, 7) is 0.389. The second-order valence-electron chi connectivity index (χ2n) is 6.11. The molecule has 0 aliphatic heterocycles. The van der Waals surface area contributed by atoms with E-state index in [1.54, 1.807) is 30.3 Å². The number of para-hydroxylation sites is 1. The number of hydrogen-bond donors (Lipinski definition) is 2. The molecule has 2 amide bonds. The lowest BCUT2D eigenvalue weighted by molar-refractivity contribution is -0.136. The first-order chi connectivity index (χ1) is 14.5. The van der Waals surface area contributed by atoms with Gasteiger partial charge >= 0.3 is 11.8 Å². The molecule has 0 unspecified atom stereocenters. The molecule has 0 radical (unpaired) electrons. The highest BCUT2D eigenvalue weighted by Crippen LogP contribution is 2.18. The summed E-state index contributed by atoms with van der Waals surface area (Å²) in [5, 5.41) is 6.36. The number of amides is 2. The average Bonchev–Trinajstić information content (AvgIpc) is 2.75. The van der Waals surface area contributed by atoms with Gasteiger partial charge in [0.15, 0.2) is 0 Å². The summed E-state index contributed by atoms with van der Waals surface area (Å²) in [4.78, 5) is 23.9. The van der Waals surface area contributed by atoms with Crippen LogP contribution in [-0.2, 0) is 16.2 Å². The number of halogens is 2. The Hall–Kier alpha value is -2.97. The van der Waals surface area contributed by atoms with Crippen molar-refractivity contribution < 1.29 is 14.3 Å². The molecule has 0 atom stereocenters. The molecule has 0 aliphatic carbocycles. The van der Waals surface area contributed by atoms with Gasteiger partial charge in [0.2, 0.25) is 0 Å². The maximum atomic E-state index is 12.0. The van der Waals surface area contributed by atoms with Crippen LogP contribution in [0.3, 0.4) is 0 Å². The molecule has 0 aliphatic rings. The molecule has 6 nitrogen and oxygen atoms in total. The maximum Gasteiger partial charge on any atom is 0.329 e. The number of nitrogens with one attached hydrogen (secondary N) is 2. The number of anilines is 1. The second kappa shape index (κ2) is 10.7. The quantitative estimate of drug-likeness (QED) is 0.271. The first-order valence-corrected chi connectivity index (χ1v) is 10.5. The second-order valence-corrected chi connectivity index (χ2v) is 7.94. The highest BCUT2D eigenvalue weighted by atomic mass is 79.9. The molecule has 3 aromatic carbocycles. The van der Waals surface area contributed by atoms with Crippen LogP contribution in [0.4, 0.5) is 5.69 Å². The predicted molar refractivity (Wildman–Crippen MR) is 123 cm³/mol. The van der Waals surface area contributed by atoms with Crippen molar-refractivity contribution in [1.82, 2.24) is 5.43 Å². The van der Waals surface area contributed by atoms with Crippen molar-refractivity contribution in [2.45, 2.75) is 6.61 Å². The third-order valence-electron chi connectivity index (χ3n) is 3.90. The third-order valence-corrected chi connectivity index (χ3v) is 4.96. The first-order valence-electron chi connectivity index (χ1n) is 8.87. The van der Waals surface area contributed by atoms with Crippen molar-refractivity contribution in [3.63, 3.8) is 0 Å². The smallest absolute Gasteiger partial charge is 0.329 e. The molecule has 0 heterocycles. The van der Waals surface area contributed by atoms with Crippen molar-refractivity contribution in [1.29, 1.82) is 0 Å². The van der Waals surface area contributed by atoms with E-state index in [1.165, 1.54) is 6.21 Å². The molecule has 30 heavy (non-hydrogen) atoms. The Bertz CT molecular complexity index is 1050. The van der Waals surface area contributed by atoms with Gasteiger partial charge in [0.25, 0.3) is 0 Å². The topological polar surface area (TPSA) is 79.8 Å². The fourth-order valence-corrected chi connectivity index (χ4v) is 2.92. The van der Waals surface area contributed by atoms with Crippen molar-refractivity contribution in [3.05, 3.63) is 92.9 Å². The van der Waals surface area contributed by atoms with E-state index in [1.807, 2.05) is 42.5 Å². The third kappa shape index (κ3) is 6.53. The number of ether oxygens (including phenoxy) is 1. The number of carbonyl (C=O) groups excluding carboxylic acids is 2. The average molecular weight is 531 g/mol. The number of carbonyl (C=O) groups is 2. The number of rotatable bonds is 6. The standard InChI is InChI=1S/C22H17Br2N3O3/c23-17-7-5-15(6-8-17)14-30-20-4-2-1-3-16(20)13-25-27-22(29)21(28)26-19-11-9-18(24)10-12-19/h1-13H,14H2,(H,26,28)(H,27,29)/b25-13-. The van der Waals surface area contributed by atoms with Crippen LogP contribution in [0.1, 0.15) is 11.1 Å². The minimum Gasteiger partial charge on any atom is -0.488 e. The minimum atomic E-state index is -0.873. The molecule has 0 aromatic heterocycles. The molecule has 152 valence electrons. The van der Waals surface area contributed by atoms with Crippen LogP contribution in [-0.4, -0.2) is 18.0 Å². The number of hydrazone groups is 1. The molecular weight excluding hydrogens is 514 g/mol. The molecule has 8 heteroatoms. The van der Waals surface area contributed by atoms with Crippen LogP contribution in [0, 0.1) is 0 Å². The summed E-state index contributed by atoms with van der Waals surface area (Å²) >= 11 is 6.71. The van der Waals surface area contributed by atoms with E-state index >= 15 is 0 Å². The van der Waals surface area contributed by atoms with Crippen molar-refractivity contribution in [2.75, 3.05) is 5.32 Å². The number of nitrogens with zero attached hydrogens (tertiary/aromatic N) is 1. The van der Waals surface area contributed by atoms with Gasteiger partial charge in [-0.1, -0.05) is 56.1 Å². The minimum absolute atomic E-state index is 0.389. The largest absolute Gasteiger partial charge is 0.488 e. The van der Waals surface area contributed by atoms with E-state index in [0.717, 1.165) is 14.5 Å². The van der Waals surface area contributed by atoms with E-state index < -0.39 is 11.8 Å². The van der Waals surface area contributed by atoms with Gasteiger partial charge in [0.05, 0.1) is 6.21 Å². The van der Waals surface area contributed by atoms with Crippen LogP contribution in [0.15, 0.2) is 86.8 Å². The van der Waals surface area contributed by atoms with Crippen molar-refractivity contribution in [2.24, 2.45) is 5.10 Å². The number of benzene rings is 3. The van der Waals surface area contributed by atoms with E-state index in [0.29, 0.717) is 23.6 Å². The number of hydrogen-bond acceptors (Lipinski definition) is 4. The summed E-state index contributed by atoms with van der Waals surface area (Å²) in [6, 6.07) is 22.0. The monoisotopic (exact) mass is 529 g/mol. The highest BCUT2D eigenvalue weighted by molar-refractivity contribution is 9.10. The van der Waals surface area contributed by atoms with Gasteiger partial charge < -0.3 is 10.1 Å².